The van der Waals surface area contributed by atoms with Crippen LogP contribution in [-0.4, -0.2) is 56.9 Å². The largest absolute Gasteiger partial charge is 0.379 e. The van der Waals surface area contributed by atoms with Gasteiger partial charge in [0, 0.05) is 49.2 Å². The van der Waals surface area contributed by atoms with Gasteiger partial charge in [-0.15, -0.1) is 11.3 Å². The molecule has 0 spiro atoms. The average Bonchev–Trinajstić information content (AvgIpc) is 3.48. The van der Waals surface area contributed by atoms with Crippen molar-refractivity contribution in [3.63, 3.8) is 0 Å². The minimum absolute atomic E-state index is 0.236. The quantitative estimate of drug-likeness (QED) is 0.454. The van der Waals surface area contributed by atoms with Crippen LogP contribution in [-0.2, 0) is 17.8 Å². The van der Waals surface area contributed by atoms with Crippen LogP contribution in [0, 0.1) is 0 Å². The molecule has 0 unspecified atom stereocenters. The summed E-state index contributed by atoms with van der Waals surface area (Å²) in [6.07, 6.45) is 5.21. The minimum Gasteiger partial charge on any atom is -0.379 e. The standard InChI is InChI=1S/C24H24N6O2S/c31-23(27-24-26-20(17-33-24)15-29-9-11-32-12-10-29)21-16-30(14-18-5-2-1-3-6-18)28-22(21)19-7-4-8-25-13-19/h1-8,13,16-17H,9-12,14-15H2,(H,26,27,31). The Morgan fingerprint density at radius 3 is 2.73 bits per heavy atom. The summed E-state index contributed by atoms with van der Waals surface area (Å²) >= 11 is 1.43. The topological polar surface area (TPSA) is 85.2 Å². The molecule has 1 aliphatic heterocycles. The molecule has 1 fully saturated rings. The molecule has 3 aromatic heterocycles. The molecular formula is C24H24N6O2S. The van der Waals surface area contributed by atoms with Crippen LogP contribution in [0.15, 0.2) is 66.4 Å². The molecule has 0 atom stereocenters. The molecule has 4 aromatic rings. The Morgan fingerprint density at radius 2 is 1.94 bits per heavy atom. The number of hydrogen-bond acceptors (Lipinski definition) is 7. The number of ether oxygens (including phenoxy) is 1. The predicted octanol–water partition coefficient (Wildman–Crippen LogP) is 3.53. The van der Waals surface area contributed by atoms with Crippen molar-refractivity contribution in [2.75, 3.05) is 31.6 Å². The van der Waals surface area contributed by atoms with Crippen molar-refractivity contribution in [3.05, 3.63) is 83.3 Å². The maximum absolute atomic E-state index is 13.2. The maximum atomic E-state index is 13.2. The number of nitrogens with one attached hydrogen (secondary N) is 1. The molecule has 0 bridgehead atoms. The molecule has 0 saturated carbocycles. The van der Waals surface area contributed by atoms with Gasteiger partial charge in [-0.05, 0) is 17.7 Å². The second-order valence-electron chi connectivity index (χ2n) is 7.80. The minimum atomic E-state index is -0.236. The van der Waals surface area contributed by atoms with Crippen LogP contribution in [0.4, 0.5) is 5.13 Å². The first-order valence-electron chi connectivity index (χ1n) is 10.8. The van der Waals surface area contributed by atoms with Gasteiger partial charge in [0.05, 0.1) is 31.0 Å². The van der Waals surface area contributed by atoms with Crippen molar-refractivity contribution in [2.45, 2.75) is 13.1 Å². The Bertz CT molecular complexity index is 1200. The average molecular weight is 461 g/mol. The van der Waals surface area contributed by atoms with E-state index >= 15 is 0 Å². The SMILES string of the molecule is O=C(Nc1nc(CN2CCOCC2)cs1)c1cn(Cc2ccccc2)nc1-c1cccnc1. The van der Waals surface area contributed by atoms with E-state index < -0.39 is 0 Å². The van der Waals surface area contributed by atoms with Gasteiger partial charge in [-0.1, -0.05) is 30.3 Å². The van der Waals surface area contributed by atoms with Gasteiger partial charge in [0.1, 0.15) is 5.69 Å². The molecule has 1 N–H and O–H groups in total. The lowest BCUT2D eigenvalue weighted by atomic mass is 10.1. The first-order valence-corrected chi connectivity index (χ1v) is 11.7. The summed E-state index contributed by atoms with van der Waals surface area (Å²) in [6, 6.07) is 13.8. The molecule has 9 heteroatoms. The van der Waals surface area contributed by atoms with Gasteiger partial charge in [-0.3, -0.25) is 24.7 Å². The molecule has 5 rings (SSSR count). The Hall–Kier alpha value is -3.40. The predicted molar refractivity (Wildman–Crippen MR) is 127 cm³/mol. The fourth-order valence-corrected chi connectivity index (χ4v) is 4.44. The van der Waals surface area contributed by atoms with Gasteiger partial charge in [-0.25, -0.2) is 4.98 Å². The molecule has 0 aliphatic carbocycles. The lowest BCUT2D eigenvalue weighted by Gasteiger charge is -2.25. The summed E-state index contributed by atoms with van der Waals surface area (Å²) < 4.78 is 7.19. The van der Waals surface area contributed by atoms with Gasteiger partial charge in [0.15, 0.2) is 5.13 Å². The van der Waals surface area contributed by atoms with Gasteiger partial charge < -0.3 is 4.74 Å². The molecule has 33 heavy (non-hydrogen) atoms. The number of amides is 1. The number of rotatable bonds is 7. The van der Waals surface area contributed by atoms with Gasteiger partial charge in [0.25, 0.3) is 5.91 Å². The summed E-state index contributed by atoms with van der Waals surface area (Å²) in [6.45, 7) is 4.62. The summed E-state index contributed by atoms with van der Waals surface area (Å²) in [5, 5.41) is 10.2. The third kappa shape index (κ3) is 5.33. The second kappa shape index (κ2) is 10.0. The van der Waals surface area contributed by atoms with Crippen molar-refractivity contribution in [2.24, 2.45) is 0 Å². The van der Waals surface area contributed by atoms with Crippen molar-refractivity contribution in [3.8, 4) is 11.3 Å². The van der Waals surface area contributed by atoms with Crippen LogP contribution in [0.25, 0.3) is 11.3 Å². The molecule has 8 nitrogen and oxygen atoms in total. The van der Waals surface area contributed by atoms with Gasteiger partial charge in [0.2, 0.25) is 0 Å². The number of aromatic nitrogens is 4. The molecule has 1 aromatic carbocycles. The number of anilines is 1. The van der Waals surface area contributed by atoms with E-state index in [9.17, 15) is 4.79 Å². The first-order chi connectivity index (χ1) is 16.2. The Labute approximate surface area is 195 Å². The van der Waals surface area contributed by atoms with Crippen molar-refractivity contribution >= 4 is 22.4 Å². The molecule has 1 aliphatic rings. The summed E-state index contributed by atoms with van der Waals surface area (Å²) in [5.41, 5.74) is 3.94. The fourth-order valence-electron chi connectivity index (χ4n) is 3.74. The van der Waals surface area contributed by atoms with E-state index in [2.05, 4.69) is 20.2 Å². The number of morpholine rings is 1. The highest BCUT2D eigenvalue weighted by molar-refractivity contribution is 7.14. The summed E-state index contributed by atoms with van der Waals surface area (Å²) in [5.74, 6) is -0.236. The lowest BCUT2D eigenvalue weighted by molar-refractivity contribution is 0.0337. The second-order valence-corrected chi connectivity index (χ2v) is 8.66. The zero-order valence-electron chi connectivity index (χ0n) is 18.1. The van der Waals surface area contributed by atoms with Crippen LogP contribution in [0.1, 0.15) is 21.6 Å². The highest BCUT2D eigenvalue weighted by Gasteiger charge is 2.20. The highest BCUT2D eigenvalue weighted by Crippen LogP contribution is 2.24. The molecule has 1 amide bonds. The Balaban J connectivity index is 1.35. The monoisotopic (exact) mass is 460 g/mol. The van der Waals surface area contributed by atoms with Gasteiger partial charge >= 0.3 is 0 Å². The molecule has 4 heterocycles. The van der Waals surface area contributed by atoms with E-state index in [1.54, 1.807) is 23.3 Å². The summed E-state index contributed by atoms with van der Waals surface area (Å²) in [4.78, 5) is 24.3. The zero-order valence-corrected chi connectivity index (χ0v) is 18.9. The number of hydrogen-bond donors (Lipinski definition) is 1. The van der Waals surface area contributed by atoms with Crippen LogP contribution in [0.2, 0.25) is 0 Å². The molecular weight excluding hydrogens is 436 g/mol. The third-order valence-corrected chi connectivity index (χ3v) is 6.20. The Kier molecular flexibility index (Phi) is 6.52. The zero-order chi connectivity index (χ0) is 22.5. The van der Waals surface area contributed by atoms with E-state index in [1.165, 1.54) is 11.3 Å². The van der Waals surface area contributed by atoms with Crippen molar-refractivity contribution in [1.29, 1.82) is 0 Å². The van der Waals surface area contributed by atoms with E-state index in [0.717, 1.165) is 49.7 Å². The molecule has 168 valence electrons. The molecule has 1 saturated heterocycles. The van der Waals surface area contributed by atoms with Crippen LogP contribution in [0.3, 0.4) is 0 Å². The number of carbonyl (C=O) groups excluding carboxylic acids is 1. The van der Waals surface area contributed by atoms with E-state index in [-0.39, 0.29) is 5.91 Å². The normalized spacial score (nSPS) is 14.3. The lowest BCUT2D eigenvalue weighted by Crippen LogP contribution is -2.35. The molecule has 0 radical (unpaired) electrons. The van der Waals surface area contributed by atoms with Gasteiger partial charge in [-0.2, -0.15) is 5.10 Å². The number of thiazole rings is 1. The number of benzene rings is 1. The van der Waals surface area contributed by atoms with E-state index in [4.69, 9.17) is 9.84 Å². The first kappa shape index (κ1) is 21.4. The highest BCUT2D eigenvalue weighted by atomic mass is 32.1. The van der Waals surface area contributed by atoms with Crippen molar-refractivity contribution in [1.82, 2.24) is 24.6 Å². The van der Waals surface area contributed by atoms with Crippen molar-refractivity contribution < 1.29 is 9.53 Å². The van der Waals surface area contributed by atoms with E-state index in [1.807, 2.05) is 47.8 Å². The smallest absolute Gasteiger partial charge is 0.261 e. The van der Waals surface area contributed by atoms with Crippen LogP contribution >= 0.6 is 11.3 Å². The fraction of sp³-hybridized carbons (Fsp3) is 0.250. The van der Waals surface area contributed by atoms with E-state index in [0.29, 0.717) is 22.9 Å². The Morgan fingerprint density at radius 1 is 1.09 bits per heavy atom. The third-order valence-electron chi connectivity index (χ3n) is 5.39. The number of nitrogens with zero attached hydrogens (tertiary/aromatic N) is 5. The van der Waals surface area contributed by atoms with Crippen LogP contribution in [0.5, 0.6) is 0 Å². The van der Waals surface area contributed by atoms with Crippen LogP contribution < -0.4 is 5.32 Å². The number of carbonyl (C=O) groups is 1. The number of pyridine rings is 1. The maximum Gasteiger partial charge on any atom is 0.261 e. The summed E-state index contributed by atoms with van der Waals surface area (Å²) in [7, 11) is 0.